The zero-order valence-electron chi connectivity index (χ0n) is 16.7. The van der Waals surface area contributed by atoms with E-state index < -0.39 is 0 Å². The first kappa shape index (κ1) is 21.0. The Bertz CT molecular complexity index is 658. The Balaban J connectivity index is 1.96. The molecule has 2 aromatic rings. The molecular formula is C22H32N4O. The summed E-state index contributed by atoms with van der Waals surface area (Å²) in [6, 6.07) is 9.19. The summed E-state index contributed by atoms with van der Waals surface area (Å²) in [5.41, 5.74) is 3.59. The fraction of sp³-hybridized carbons (Fsp3) is 0.500. The number of carbonyl (C=O) groups is 1. The van der Waals surface area contributed by atoms with Crippen molar-refractivity contribution in [1.29, 1.82) is 0 Å². The molecule has 2 atom stereocenters. The minimum atomic E-state index is 0.416. The van der Waals surface area contributed by atoms with Gasteiger partial charge in [-0.15, -0.1) is 0 Å². The number of carbonyl (C=O) groups excluding carboxylic acids is 1. The van der Waals surface area contributed by atoms with Crippen molar-refractivity contribution in [3.63, 3.8) is 0 Å². The number of nitrogens with one attached hydrogen (secondary N) is 2. The lowest BCUT2D eigenvalue weighted by Crippen LogP contribution is -2.34. The number of benzene rings is 1. The summed E-state index contributed by atoms with van der Waals surface area (Å²) in [5, 5.41) is 6.45. The predicted octanol–water partition coefficient (Wildman–Crippen LogP) is 3.60. The van der Waals surface area contributed by atoms with Crippen molar-refractivity contribution in [3.8, 4) is 0 Å². The summed E-state index contributed by atoms with van der Waals surface area (Å²) < 4.78 is 0. The number of aromatic nitrogens is 2. The van der Waals surface area contributed by atoms with Crippen LogP contribution >= 0.6 is 0 Å². The average Bonchev–Trinajstić information content (AvgIpc) is 2.68. The van der Waals surface area contributed by atoms with Crippen LogP contribution in [0.25, 0.3) is 0 Å². The van der Waals surface area contributed by atoms with Crippen LogP contribution in [-0.2, 0) is 11.3 Å². The van der Waals surface area contributed by atoms with Gasteiger partial charge in [-0.3, -0.25) is 14.8 Å². The van der Waals surface area contributed by atoms with E-state index in [4.69, 9.17) is 0 Å². The molecular weight excluding hydrogens is 336 g/mol. The molecule has 0 saturated carbocycles. The van der Waals surface area contributed by atoms with Crippen LogP contribution in [0.15, 0.2) is 42.9 Å². The summed E-state index contributed by atoms with van der Waals surface area (Å²) in [4.78, 5) is 19.1. The molecule has 0 spiro atoms. The molecule has 2 unspecified atom stereocenters. The number of hydrogen-bond acceptors (Lipinski definition) is 4. The number of aryl methyl sites for hydroxylation is 1. The number of amides is 1. The predicted molar refractivity (Wildman–Crippen MR) is 109 cm³/mol. The first-order valence-electron chi connectivity index (χ1n) is 9.82. The number of hydrogen-bond donors (Lipinski definition) is 2. The quantitative estimate of drug-likeness (QED) is 0.444. The van der Waals surface area contributed by atoms with Crippen molar-refractivity contribution in [2.75, 3.05) is 6.54 Å². The smallest absolute Gasteiger partial charge is 0.207 e. The van der Waals surface area contributed by atoms with Crippen LogP contribution in [0.4, 0.5) is 0 Å². The van der Waals surface area contributed by atoms with Crippen molar-refractivity contribution in [3.05, 3.63) is 59.7 Å². The van der Waals surface area contributed by atoms with Gasteiger partial charge in [-0.05, 0) is 43.6 Å². The lowest BCUT2D eigenvalue weighted by Gasteiger charge is -2.25. The van der Waals surface area contributed by atoms with E-state index in [9.17, 15) is 4.79 Å². The molecule has 27 heavy (non-hydrogen) atoms. The van der Waals surface area contributed by atoms with Gasteiger partial charge in [0.2, 0.25) is 6.41 Å². The molecule has 0 aliphatic rings. The molecule has 0 fully saturated rings. The zero-order valence-corrected chi connectivity index (χ0v) is 16.7. The van der Waals surface area contributed by atoms with Gasteiger partial charge in [-0.1, -0.05) is 43.7 Å². The van der Waals surface area contributed by atoms with Crippen molar-refractivity contribution < 1.29 is 4.79 Å². The van der Waals surface area contributed by atoms with Crippen molar-refractivity contribution in [2.45, 2.75) is 58.5 Å². The van der Waals surface area contributed by atoms with Gasteiger partial charge >= 0.3 is 0 Å². The van der Waals surface area contributed by atoms with E-state index in [1.807, 2.05) is 6.20 Å². The van der Waals surface area contributed by atoms with Gasteiger partial charge in [-0.25, -0.2) is 0 Å². The molecule has 2 N–H and O–H groups in total. The standard InChI is InChI=1S/C22H32N4O/c1-17(2)22(26-15-21-14-23-12-13-25-21)9-8-20(10-11-24-16-27)19-6-4-18(3)5-7-19/h4-7,12-14,16-17,20,22,26H,8-11,15H2,1-3H3,(H,24,27). The Hall–Kier alpha value is -2.27. The second-order valence-corrected chi connectivity index (χ2v) is 7.47. The highest BCUT2D eigenvalue weighted by Gasteiger charge is 2.18. The van der Waals surface area contributed by atoms with E-state index in [1.54, 1.807) is 12.4 Å². The molecule has 0 radical (unpaired) electrons. The lowest BCUT2D eigenvalue weighted by atomic mass is 9.87. The largest absolute Gasteiger partial charge is 0.359 e. The Morgan fingerprint density at radius 3 is 2.48 bits per heavy atom. The van der Waals surface area contributed by atoms with Crippen LogP contribution in [0.2, 0.25) is 0 Å². The minimum Gasteiger partial charge on any atom is -0.359 e. The second-order valence-electron chi connectivity index (χ2n) is 7.47. The fourth-order valence-electron chi connectivity index (χ4n) is 3.34. The van der Waals surface area contributed by atoms with Crippen LogP contribution < -0.4 is 10.6 Å². The van der Waals surface area contributed by atoms with Gasteiger partial charge < -0.3 is 10.6 Å². The normalized spacial score (nSPS) is 13.3. The highest BCUT2D eigenvalue weighted by atomic mass is 16.1. The lowest BCUT2D eigenvalue weighted by molar-refractivity contribution is -0.109. The average molecular weight is 369 g/mol. The molecule has 1 aromatic carbocycles. The van der Waals surface area contributed by atoms with Crippen molar-refractivity contribution in [1.82, 2.24) is 20.6 Å². The van der Waals surface area contributed by atoms with E-state index in [2.05, 4.69) is 65.6 Å². The third-order valence-electron chi connectivity index (χ3n) is 5.06. The van der Waals surface area contributed by atoms with E-state index >= 15 is 0 Å². The fourth-order valence-corrected chi connectivity index (χ4v) is 3.34. The van der Waals surface area contributed by atoms with Gasteiger partial charge in [0.1, 0.15) is 0 Å². The summed E-state index contributed by atoms with van der Waals surface area (Å²) in [7, 11) is 0. The highest BCUT2D eigenvalue weighted by Crippen LogP contribution is 2.27. The molecule has 0 aliphatic carbocycles. The van der Waals surface area contributed by atoms with Crippen molar-refractivity contribution >= 4 is 6.41 Å². The van der Waals surface area contributed by atoms with Crippen LogP contribution in [0.1, 0.15) is 55.8 Å². The van der Waals surface area contributed by atoms with E-state index in [0.717, 1.165) is 37.9 Å². The van der Waals surface area contributed by atoms with Gasteiger partial charge in [0.05, 0.1) is 5.69 Å². The zero-order chi connectivity index (χ0) is 19.5. The maximum Gasteiger partial charge on any atom is 0.207 e. The first-order valence-corrected chi connectivity index (χ1v) is 9.82. The maximum absolute atomic E-state index is 10.6. The van der Waals surface area contributed by atoms with Crippen LogP contribution in [-0.4, -0.2) is 29.0 Å². The summed E-state index contributed by atoms with van der Waals surface area (Å²) in [5.74, 6) is 0.978. The molecule has 2 rings (SSSR count). The number of rotatable bonds is 12. The molecule has 5 heteroatoms. The van der Waals surface area contributed by atoms with E-state index in [1.165, 1.54) is 11.1 Å². The molecule has 146 valence electrons. The molecule has 0 bridgehead atoms. The first-order chi connectivity index (χ1) is 13.1. The third kappa shape index (κ3) is 7.47. The summed E-state index contributed by atoms with van der Waals surface area (Å²) in [6.07, 6.45) is 9.14. The molecule has 0 aliphatic heterocycles. The molecule has 0 saturated heterocycles. The molecule has 1 aromatic heterocycles. The van der Waals surface area contributed by atoms with Crippen LogP contribution in [0.5, 0.6) is 0 Å². The van der Waals surface area contributed by atoms with Crippen LogP contribution in [0, 0.1) is 12.8 Å². The van der Waals surface area contributed by atoms with Gasteiger partial charge in [0, 0.05) is 37.7 Å². The summed E-state index contributed by atoms with van der Waals surface area (Å²) >= 11 is 0. The maximum atomic E-state index is 10.6. The molecule has 1 heterocycles. The van der Waals surface area contributed by atoms with Gasteiger partial charge in [-0.2, -0.15) is 0 Å². The third-order valence-corrected chi connectivity index (χ3v) is 5.06. The topological polar surface area (TPSA) is 66.9 Å². The summed E-state index contributed by atoms with van der Waals surface area (Å²) in [6.45, 7) is 8.06. The Kier molecular flexibility index (Phi) is 8.92. The Labute approximate surface area is 163 Å². The van der Waals surface area contributed by atoms with Crippen LogP contribution in [0.3, 0.4) is 0 Å². The Morgan fingerprint density at radius 2 is 1.85 bits per heavy atom. The number of nitrogens with zero attached hydrogens (tertiary/aromatic N) is 2. The van der Waals surface area contributed by atoms with E-state index in [-0.39, 0.29) is 0 Å². The van der Waals surface area contributed by atoms with Crippen molar-refractivity contribution in [2.24, 2.45) is 5.92 Å². The monoisotopic (exact) mass is 368 g/mol. The SMILES string of the molecule is Cc1ccc(C(CCNC=O)CCC(NCc2cnccn2)C(C)C)cc1. The highest BCUT2D eigenvalue weighted by molar-refractivity contribution is 5.45. The molecule has 5 nitrogen and oxygen atoms in total. The minimum absolute atomic E-state index is 0.416. The van der Waals surface area contributed by atoms with Gasteiger partial charge in [0.15, 0.2) is 0 Å². The van der Waals surface area contributed by atoms with Gasteiger partial charge in [0.25, 0.3) is 0 Å². The second kappa shape index (κ2) is 11.4. The molecule has 1 amide bonds. The van der Waals surface area contributed by atoms with E-state index in [0.29, 0.717) is 24.4 Å². The Morgan fingerprint density at radius 1 is 1.07 bits per heavy atom.